The molecule has 7 heteroatoms. The molecule has 1 saturated carbocycles. The van der Waals surface area contributed by atoms with E-state index >= 15 is 0 Å². The number of benzene rings is 1. The Balaban J connectivity index is 1.59. The van der Waals surface area contributed by atoms with Gasteiger partial charge in [0.2, 0.25) is 10.0 Å². The minimum absolute atomic E-state index is 0.231. The van der Waals surface area contributed by atoms with Crippen molar-refractivity contribution in [2.45, 2.75) is 37.5 Å². The highest BCUT2D eigenvalue weighted by molar-refractivity contribution is 7.89. The fraction of sp³-hybridized carbons (Fsp3) is 0.632. The molecule has 1 aromatic carbocycles. The highest BCUT2D eigenvalue weighted by Gasteiger charge is 2.29. The molecule has 26 heavy (non-hydrogen) atoms. The van der Waals surface area contributed by atoms with Crippen LogP contribution in [0.15, 0.2) is 29.2 Å². The Kier molecular flexibility index (Phi) is 6.32. The SMILES string of the molecule is CCOC(=O)c1ccc(S(=O)(=O)N2CCN(CC3CCCC3)CC2)cc1. The summed E-state index contributed by atoms with van der Waals surface area (Å²) in [4.78, 5) is 14.3. The number of carbonyl (C=O) groups is 1. The largest absolute Gasteiger partial charge is 0.462 e. The van der Waals surface area contributed by atoms with Crippen LogP contribution in [0.1, 0.15) is 43.0 Å². The maximum Gasteiger partial charge on any atom is 0.338 e. The fourth-order valence-electron chi connectivity index (χ4n) is 3.84. The Hall–Kier alpha value is -1.44. The Bertz CT molecular complexity index is 704. The summed E-state index contributed by atoms with van der Waals surface area (Å²) >= 11 is 0. The van der Waals surface area contributed by atoms with Crippen molar-refractivity contribution in [3.05, 3.63) is 29.8 Å². The van der Waals surface area contributed by atoms with Crippen LogP contribution in [0, 0.1) is 5.92 Å². The molecule has 1 aromatic rings. The number of piperazine rings is 1. The third kappa shape index (κ3) is 4.45. The van der Waals surface area contributed by atoms with Gasteiger partial charge in [0.15, 0.2) is 0 Å². The van der Waals surface area contributed by atoms with E-state index in [1.807, 2.05) is 0 Å². The Labute approximate surface area is 156 Å². The van der Waals surface area contributed by atoms with Crippen molar-refractivity contribution < 1.29 is 17.9 Å². The van der Waals surface area contributed by atoms with Crippen LogP contribution in [0.3, 0.4) is 0 Å². The molecule has 2 aliphatic rings. The molecule has 144 valence electrons. The molecule has 6 nitrogen and oxygen atoms in total. The van der Waals surface area contributed by atoms with Crippen LogP contribution >= 0.6 is 0 Å². The summed E-state index contributed by atoms with van der Waals surface area (Å²) in [5.74, 6) is 0.352. The molecule has 0 unspecified atom stereocenters. The number of hydrogen-bond donors (Lipinski definition) is 0. The summed E-state index contributed by atoms with van der Waals surface area (Å²) in [6, 6.07) is 6.02. The van der Waals surface area contributed by atoms with Crippen molar-refractivity contribution >= 4 is 16.0 Å². The molecule has 0 radical (unpaired) electrons. The van der Waals surface area contributed by atoms with E-state index in [2.05, 4.69) is 4.90 Å². The third-order valence-corrected chi connectivity index (χ3v) is 7.24. The predicted octanol–water partition coefficient (Wildman–Crippen LogP) is 2.36. The first-order valence-corrected chi connectivity index (χ1v) is 10.9. The minimum atomic E-state index is -3.51. The molecular formula is C19H28N2O4S. The highest BCUT2D eigenvalue weighted by atomic mass is 32.2. The van der Waals surface area contributed by atoms with Gasteiger partial charge in [-0.15, -0.1) is 0 Å². The number of carbonyl (C=O) groups excluding carboxylic acids is 1. The summed E-state index contributed by atoms with van der Waals surface area (Å²) in [5.41, 5.74) is 0.368. The van der Waals surface area contributed by atoms with Crippen molar-refractivity contribution in [3.63, 3.8) is 0 Å². The quantitative estimate of drug-likeness (QED) is 0.709. The van der Waals surface area contributed by atoms with Crippen LogP contribution in [0.25, 0.3) is 0 Å². The lowest BCUT2D eigenvalue weighted by Crippen LogP contribution is -2.49. The van der Waals surface area contributed by atoms with Gasteiger partial charge in [0.1, 0.15) is 0 Å². The second-order valence-electron chi connectivity index (χ2n) is 7.10. The van der Waals surface area contributed by atoms with E-state index in [0.29, 0.717) is 25.3 Å². The van der Waals surface area contributed by atoms with Crippen molar-refractivity contribution in [2.24, 2.45) is 5.92 Å². The zero-order valence-corrected chi connectivity index (χ0v) is 16.2. The Morgan fingerprint density at radius 1 is 1.08 bits per heavy atom. The zero-order chi connectivity index (χ0) is 18.6. The summed E-state index contributed by atoms with van der Waals surface area (Å²) in [7, 11) is -3.51. The van der Waals surface area contributed by atoms with Gasteiger partial charge in [-0.25, -0.2) is 13.2 Å². The normalized spacial score (nSPS) is 20.3. The van der Waals surface area contributed by atoms with Crippen LogP contribution in [0.2, 0.25) is 0 Å². The number of sulfonamides is 1. The first kappa shape index (κ1) is 19.3. The number of esters is 1. The number of nitrogens with zero attached hydrogens (tertiary/aromatic N) is 2. The standard InChI is InChI=1S/C19H28N2O4S/c1-2-25-19(22)17-7-9-18(10-8-17)26(23,24)21-13-11-20(12-14-21)15-16-5-3-4-6-16/h7-10,16H,2-6,11-15H2,1H3. The average molecular weight is 381 g/mol. The average Bonchev–Trinajstić information content (AvgIpc) is 3.15. The number of rotatable bonds is 6. The molecule has 0 spiro atoms. The Morgan fingerprint density at radius 2 is 1.69 bits per heavy atom. The van der Waals surface area contributed by atoms with E-state index in [1.54, 1.807) is 11.2 Å². The van der Waals surface area contributed by atoms with E-state index in [9.17, 15) is 13.2 Å². The van der Waals surface area contributed by atoms with Crippen LogP contribution in [-0.4, -0.2) is 62.9 Å². The summed E-state index contributed by atoms with van der Waals surface area (Å²) in [5, 5.41) is 0. The molecule has 1 aliphatic carbocycles. The predicted molar refractivity (Wildman–Crippen MR) is 99.6 cm³/mol. The van der Waals surface area contributed by atoms with Crippen LogP contribution in [0.4, 0.5) is 0 Å². The maximum atomic E-state index is 12.8. The molecule has 1 heterocycles. The molecule has 2 fully saturated rings. The van der Waals surface area contributed by atoms with Gasteiger partial charge in [0, 0.05) is 32.7 Å². The second-order valence-corrected chi connectivity index (χ2v) is 9.04. The molecule has 1 saturated heterocycles. The lowest BCUT2D eigenvalue weighted by molar-refractivity contribution is 0.0526. The molecular weight excluding hydrogens is 352 g/mol. The van der Waals surface area contributed by atoms with Crippen LogP contribution in [-0.2, 0) is 14.8 Å². The van der Waals surface area contributed by atoms with Gasteiger partial charge in [-0.05, 0) is 49.9 Å². The minimum Gasteiger partial charge on any atom is -0.462 e. The van der Waals surface area contributed by atoms with Crippen molar-refractivity contribution in [1.29, 1.82) is 0 Å². The lowest BCUT2D eigenvalue weighted by atomic mass is 10.1. The molecule has 0 aromatic heterocycles. The second kappa shape index (κ2) is 8.50. The van der Waals surface area contributed by atoms with Gasteiger partial charge in [0.05, 0.1) is 17.1 Å². The van der Waals surface area contributed by atoms with Gasteiger partial charge in [-0.2, -0.15) is 4.31 Å². The van der Waals surface area contributed by atoms with Gasteiger partial charge < -0.3 is 9.64 Å². The maximum absolute atomic E-state index is 12.8. The smallest absolute Gasteiger partial charge is 0.338 e. The van der Waals surface area contributed by atoms with Crippen molar-refractivity contribution in [1.82, 2.24) is 9.21 Å². The van der Waals surface area contributed by atoms with E-state index in [4.69, 9.17) is 4.74 Å². The van der Waals surface area contributed by atoms with Crippen molar-refractivity contribution in [2.75, 3.05) is 39.3 Å². The summed E-state index contributed by atoms with van der Waals surface area (Å²) in [6.07, 6.45) is 5.29. The Morgan fingerprint density at radius 3 is 2.27 bits per heavy atom. The van der Waals surface area contributed by atoms with Crippen molar-refractivity contribution in [3.8, 4) is 0 Å². The van der Waals surface area contributed by atoms with E-state index in [1.165, 1.54) is 49.9 Å². The lowest BCUT2D eigenvalue weighted by Gasteiger charge is -2.35. The van der Waals surface area contributed by atoms with Crippen LogP contribution in [0.5, 0.6) is 0 Å². The van der Waals surface area contributed by atoms with Gasteiger partial charge in [-0.3, -0.25) is 0 Å². The third-order valence-electron chi connectivity index (χ3n) is 5.33. The van der Waals surface area contributed by atoms with E-state index in [0.717, 1.165) is 25.6 Å². The van der Waals surface area contributed by atoms with Gasteiger partial charge in [-0.1, -0.05) is 12.8 Å². The molecule has 3 rings (SSSR count). The zero-order valence-electron chi connectivity index (χ0n) is 15.4. The molecule has 0 bridgehead atoms. The summed E-state index contributed by atoms with van der Waals surface area (Å²) in [6.45, 7) is 5.76. The first-order valence-electron chi connectivity index (χ1n) is 9.50. The molecule has 1 aliphatic heterocycles. The highest BCUT2D eigenvalue weighted by Crippen LogP contribution is 2.26. The monoisotopic (exact) mass is 380 g/mol. The fourth-order valence-corrected chi connectivity index (χ4v) is 5.26. The number of ether oxygens (including phenoxy) is 1. The van der Waals surface area contributed by atoms with E-state index < -0.39 is 16.0 Å². The first-order chi connectivity index (χ1) is 12.5. The molecule has 0 amide bonds. The topological polar surface area (TPSA) is 66.9 Å². The number of hydrogen-bond acceptors (Lipinski definition) is 5. The van der Waals surface area contributed by atoms with Gasteiger partial charge in [0.25, 0.3) is 0 Å². The summed E-state index contributed by atoms with van der Waals surface area (Å²) < 4.78 is 32.2. The van der Waals surface area contributed by atoms with E-state index in [-0.39, 0.29) is 4.90 Å². The van der Waals surface area contributed by atoms with Gasteiger partial charge >= 0.3 is 5.97 Å². The molecule has 0 N–H and O–H groups in total. The molecule has 0 atom stereocenters. The van der Waals surface area contributed by atoms with Crippen LogP contribution < -0.4 is 0 Å².